The number of amides is 2. The fourth-order valence-corrected chi connectivity index (χ4v) is 3.37. The van der Waals surface area contributed by atoms with Gasteiger partial charge in [-0.3, -0.25) is 4.68 Å². The zero-order valence-corrected chi connectivity index (χ0v) is 18.0. The lowest BCUT2D eigenvalue weighted by Crippen LogP contribution is -2.31. The van der Waals surface area contributed by atoms with E-state index in [9.17, 15) is 18.0 Å². The largest absolute Gasteiger partial charge is 0.490 e. The smallest absolute Gasteiger partial charge is 0.475 e. The first-order valence-corrected chi connectivity index (χ1v) is 10.0. The summed E-state index contributed by atoms with van der Waals surface area (Å²) < 4.78 is 35.6. The molecule has 0 fully saturated rings. The monoisotopic (exact) mass is 464 g/mol. The standard InChI is InChI=1S/C19H22N6O.C2HF3O2/c1-3-14-5-4-6-15(9-14)21-19(26)25-10-16-17(11-24-8-7-20-13-24)22-23(2)18(16)12-25;3-2(4,5)1(6)7/h4-9,13H,3,10-12H2,1-2H3,(H,21,26);(H,6,7). The van der Waals surface area contributed by atoms with Crippen molar-refractivity contribution in [3.05, 3.63) is 65.5 Å². The number of aliphatic carboxylic acids is 1. The quantitative estimate of drug-likeness (QED) is 0.616. The Morgan fingerprint density at radius 3 is 2.58 bits per heavy atom. The maximum absolute atomic E-state index is 12.7. The van der Waals surface area contributed by atoms with Crippen molar-refractivity contribution in [2.24, 2.45) is 7.05 Å². The summed E-state index contributed by atoms with van der Waals surface area (Å²) in [6, 6.07) is 7.90. The number of carbonyl (C=O) groups is 2. The minimum Gasteiger partial charge on any atom is -0.475 e. The molecule has 0 bridgehead atoms. The second-order valence-corrected chi connectivity index (χ2v) is 7.37. The van der Waals surface area contributed by atoms with Gasteiger partial charge in [-0.2, -0.15) is 18.3 Å². The Hall–Kier alpha value is -3.83. The summed E-state index contributed by atoms with van der Waals surface area (Å²) in [5.74, 6) is -2.76. The fourth-order valence-electron chi connectivity index (χ4n) is 3.37. The summed E-state index contributed by atoms with van der Waals surface area (Å²) in [5.41, 5.74) is 5.27. The molecule has 0 saturated carbocycles. The van der Waals surface area contributed by atoms with Crippen LogP contribution in [0.2, 0.25) is 0 Å². The number of aryl methyl sites for hydroxylation is 2. The first kappa shape index (κ1) is 23.8. The van der Waals surface area contributed by atoms with Crippen LogP contribution in [0.4, 0.5) is 23.7 Å². The van der Waals surface area contributed by atoms with Gasteiger partial charge in [-0.25, -0.2) is 14.6 Å². The third kappa shape index (κ3) is 5.90. The highest BCUT2D eigenvalue weighted by molar-refractivity contribution is 5.89. The number of nitrogens with one attached hydrogen (secondary N) is 1. The predicted molar refractivity (Wildman–Crippen MR) is 112 cm³/mol. The minimum atomic E-state index is -5.08. The van der Waals surface area contributed by atoms with Crippen LogP contribution in [0.1, 0.15) is 29.4 Å². The molecule has 1 aromatic carbocycles. The number of urea groups is 1. The number of rotatable bonds is 4. The van der Waals surface area contributed by atoms with E-state index < -0.39 is 12.1 Å². The van der Waals surface area contributed by atoms with Crippen LogP contribution in [0, 0.1) is 0 Å². The molecule has 3 heterocycles. The topological polar surface area (TPSA) is 105 Å². The number of hydrogen-bond acceptors (Lipinski definition) is 4. The highest BCUT2D eigenvalue weighted by Crippen LogP contribution is 2.27. The van der Waals surface area contributed by atoms with Crippen LogP contribution >= 0.6 is 0 Å². The highest BCUT2D eigenvalue weighted by Gasteiger charge is 2.38. The molecule has 1 aliphatic rings. The first-order chi connectivity index (χ1) is 15.6. The van der Waals surface area contributed by atoms with E-state index in [1.165, 1.54) is 5.56 Å². The van der Waals surface area contributed by atoms with Gasteiger partial charge in [0.2, 0.25) is 0 Å². The van der Waals surface area contributed by atoms with Crippen LogP contribution < -0.4 is 5.32 Å². The van der Waals surface area contributed by atoms with E-state index in [0.29, 0.717) is 19.6 Å². The van der Waals surface area contributed by atoms with Gasteiger partial charge < -0.3 is 19.9 Å². The van der Waals surface area contributed by atoms with Crippen molar-refractivity contribution in [3.63, 3.8) is 0 Å². The van der Waals surface area contributed by atoms with Crippen molar-refractivity contribution in [1.29, 1.82) is 0 Å². The molecule has 9 nitrogen and oxygen atoms in total. The van der Waals surface area contributed by atoms with Crippen molar-refractivity contribution < 1.29 is 27.9 Å². The van der Waals surface area contributed by atoms with Gasteiger partial charge in [-0.15, -0.1) is 0 Å². The Kier molecular flexibility index (Phi) is 7.04. The number of aromatic nitrogens is 4. The van der Waals surface area contributed by atoms with Crippen molar-refractivity contribution in [1.82, 2.24) is 24.2 Å². The summed E-state index contributed by atoms with van der Waals surface area (Å²) in [5, 5.41) is 14.8. The van der Waals surface area contributed by atoms with E-state index in [1.54, 1.807) is 12.5 Å². The lowest BCUT2D eigenvalue weighted by Gasteiger charge is -2.17. The van der Waals surface area contributed by atoms with E-state index in [2.05, 4.69) is 28.4 Å². The minimum absolute atomic E-state index is 0.0805. The Morgan fingerprint density at radius 1 is 1.24 bits per heavy atom. The van der Waals surface area contributed by atoms with Crippen LogP contribution in [-0.2, 0) is 37.9 Å². The second kappa shape index (κ2) is 9.76. The van der Waals surface area contributed by atoms with Gasteiger partial charge in [0.1, 0.15) is 0 Å². The molecule has 2 N–H and O–H groups in total. The molecule has 176 valence electrons. The average molecular weight is 464 g/mol. The van der Waals surface area contributed by atoms with E-state index in [1.807, 2.05) is 45.6 Å². The lowest BCUT2D eigenvalue weighted by molar-refractivity contribution is -0.192. The third-order valence-electron chi connectivity index (χ3n) is 5.06. The Morgan fingerprint density at radius 2 is 1.97 bits per heavy atom. The first-order valence-electron chi connectivity index (χ1n) is 10.0. The Labute approximate surface area is 187 Å². The predicted octanol–water partition coefficient (Wildman–Crippen LogP) is 3.41. The summed E-state index contributed by atoms with van der Waals surface area (Å²) >= 11 is 0. The highest BCUT2D eigenvalue weighted by atomic mass is 19.4. The van der Waals surface area contributed by atoms with Gasteiger partial charge in [-0.1, -0.05) is 19.1 Å². The molecule has 0 radical (unpaired) electrons. The third-order valence-corrected chi connectivity index (χ3v) is 5.06. The van der Waals surface area contributed by atoms with Gasteiger partial charge in [0.15, 0.2) is 0 Å². The number of carbonyl (C=O) groups excluding carboxylic acids is 1. The van der Waals surface area contributed by atoms with Crippen molar-refractivity contribution in [2.45, 2.75) is 39.2 Å². The fraction of sp³-hybridized carbons (Fsp3) is 0.333. The summed E-state index contributed by atoms with van der Waals surface area (Å²) in [7, 11) is 1.93. The van der Waals surface area contributed by atoms with Crippen LogP contribution in [0.15, 0.2) is 43.0 Å². The molecule has 4 rings (SSSR count). The second-order valence-electron chi connectivity index (χ2n) is 7.37. The number of benzene rings is 1. The number of hydrogen-bond donors (Lipinski definition) is 2. The molecule has 12 heteroatoms. The van der Waals surface area contributed by atoms with Gasteiger partial charge >= 0.3 is 18.2 Å². The van der Waals surface area contributed by atoms with E-state index in [0.717, 1.165) is 29.1 Å². The normalized spacial score (nSPS) is 12.7. The number of imidazole rings is 1. The molecule has 0 atom stereocenters. The van der Waals surface area contributed by atoms with E-state index in [4.69, 9.17) is 9.90 Å². The molecule has 0 aliphatic carbocycles. The number of alkyl halides is 3. The van der Waals surface area contributed by atoms with Crippen molar-refractivity contribution >= 4 is 17.7 Å². The summed E-state index contributed by atoms with van der Waals surface area (Å²) in [6.07, 6.45) is 1.32. The molecular weight excluding hydrogens is 441 g/mol. The molecule has 2 aromatic heterocycles. The molecule has 2 amide bonds. The van der Waals surface area contributed by atoms with Crippen LogP contribution in [-0.4, -0.2) is 47.5 Å². The maximum Gasteiger partial charge on any atom is 0.490 e. The zero-order chi connectivity index (χ0) is 24.2. The summed E-state index contributed by atoms with van der Waals surface area (Å²) in [4.78, 5) is 27.5. The van der Waals surface area contributed by atoms with Gasteiger partial charge in [0.05, 0.1) is 37.3 Å². The lowest BCUT2D eigenvalue weighted by atomic mass is 10.1. The Bertz CT molecular complexity index is 1120. The number of anilines is 1. The SMILES string of the molecule is CCc1cccc(NC(=O)N2Cc3c(Cn4ccnc4)nn(C)c3C2)c1.O=C(O)C(F)(F)F. The number of carboxylic acids is 1. The van der Waals surface area contributed by atoms with Crippen molar-refractivity contribution in [2.75, 3.05) is 5.32 Å². The number of halogens is 3. The number of fused-ring (bicyclic) bond motifs is 1. The molecule has 33 heavy (non-hydrogen) atoms. The molecule has 3 aromatic rings. The van der Waals surface area contributed by atoms with Crippen molar-refractivity contribution in [3.8, 4) is 0 Å². The number of carboxylic acid groups (broad SMARTS) is 1. The average Bonchev–Trinajstić information content (AvgIpc) is 3.48. The van der Waals surface area contributed by atoms with E-state index >= 15 is 0 Å². The van der Waals surface area contributed by atoms with Crippen LogP contribution in [0.3, 0.4) is 0 Å². The zero-order valence-electron chi connectivity index (χ0n) is 18.0. The Balaban J connectivity index is 0.000000383. The maximum atomic E-state index is 12.7. The van der Waals surface area contributed by atoms with Gasteiger partial charge in [0, 0.05) is 30.7 Å². The molecule has 1 aliphatic heterocycles. The summed E-state index contributed by atoms with van der Waals surface area (Å²) in [6.45, 7) is 3.92. The van der Waals surface area contributed by atoms with E-state index in [-0.39, 0.29) is 6.03 Å². The van der Waals surface area contributed by atoms with Crippen LogP contribution in [0.25, 0.3) is 0 Å². The molecule has 0 spiro atoms. The molecule has 0 unspecified atom stereocenters. The van der Waals surface area contributed by atoms with Gasteiger partial charge in [-0.05, 0) is 24.1 Å². The number of nitrogens with zero attached hydrogens (tertiary/aromatic N) is 5. The molecular formula is C21H23F3N6O3. The molecule has 0 saturated heterocycles. The van der Waals surface area contributed by atoms with Crippen LogP contribution in [0.5, 0.6) is 0 Å². The van der Waals surface area contributed by atoms with Gasteiger partial charge in [0.25, 0.3) is 0 Å².